The lowest BCUT2D eigenvalue weighted by atomic mass is 9.94. The largest absolute Gasteiger partial charge is 0.493 e. The van der Waals surface area contributed by atoms with Crippen LogP contribution in [0.2, 0.25) is 0 Å². The fourth-order valence-electron chi connectivity index (χ4n) is 3.91. The minimum Gasteiger partial charge on any atom is -0.493 e. The van der Waals surface area contributed by atoms with Gasteiger partial charge in [-0.15, -0.1) is 0 Å². The highest BCUT2D eigenvalue weighted by Crippen LogP contribution is 2.35. The maximum absolute atomic E-state index is 12.7. The van der Waals surface area contributed by atoms with Crippen LogP contribution in [0.15, 0.2) is 18.7 Å². The molecular weight excluding hydrogens is 394 g/mol. The number of β-amino-alcohol motifs (C(OH)–C–C–N with tert-alkyl or cyclic N) is 1. The Kier molecular flexibility index (Phi) is 7.62. The Bertz CT molecular complexity index is 803. The quantitative estimate of drug-likeness (QED) is 0.615. The van der Waals surface area contributed by atoms with Crippen LogP contribution in [-0.2, 0) is 16.0 Å². The summed E-state index contributed by atoms with van der Waals surface area (Å²) in [5, 5.41) is 16.9. The third kappa shape index (κ3) is 6.21. The molecule has 31 heavy (non-hydrogen) atoms. The molecule has 2 heterocycles. The van der Waals surface area contributed by atoms with Gasteiger partial charge in [0.25, 0.3) is 5.91 Å². The Balaban J connectivity index is 1.77. The van der Waals surface area contributed by atoms with Crippen LogP contribution in [-0.4, -0.2) is 62.6 Å². The zero-order chi connectivity index (χ0) is 22.6. The molecule has 1 aromatic rings. The average Bonchev–Trinajstić information content (AvgIpc) is 2.74. The van der Waals surface area contributed by atoms with Gasteiger partial charge in [-0.3, -0.25) is 4.79 Å². The zero-order valence-corrected chi connectivity index (χ0v) is 19.3. The summed E-state index contributed by atoms with van der Waals surface area (Å²) in [6, 6.07) is 3.92. The maximum atomic E-state index is 12.7. The number of aliphatic hydroxyl groups excluding tert-OH is 1. The molecule has 0 unspecified atom stereocenters. The van der Waals surface area contributed by atoms with Crippen LogP contribution in [0, 0.1) is 5.92 Å². The molecule has 3 rings (SSSR count). The van der Waals surface area contributed by atoms with E-state index in [0.29, 0.717) is 19.7 Å². The second-order valence-electron chi connectivity index (χ2n) is 9.46. The van der Waals surface area contributed by atoms with Gasteiger partial charge in [0.2, 0.25) is 0 Å². The first-order valence-electron chi connectivity index (χ1n) is 11.2. The van der Waals surface area contributed by atoms with Crippen LogP contribution in [0.5, 0.6) is 5.75 Å². The van der Waals surface area contributed by atoms with Gasteiger partial charge in [-0.1, -0.05) is 6.58 Å². The summed E-state index contributed by atoms with van der Waals surface area (Å²) in [5.74, 6) is 0.875. The zero-order valence-electron chi connectivity index (χ0n) is 19.3. The summed E-state index contributed by atoms with van der Waals surface area (Å²) < 4.78 is 11.6. The van der Waals surface area contributed by atoms with E-state index in [4.69, 9.17) is 9.47 Å². The summed E-state index contributed by atoms with van der Waals surface area (Å²) in [5.41, 5.74) is 3.25. The minimum absolute atomic E-state index is 0.0140. The number of anilines is 1. The second-order valence-corrected chi connectivity index (χ2v) is 9.46. The Labute approximate surface area is 185 Å². The molecule has 2 atom stereocenters. The Morgan fingerprint density at radius 1 is 1.42 bits per heavy atom. The number of rotatable bonds is 7. The van der Waals surface area contributed by atoms with E-state index < -0.39 is 0 Å². The molecule has 0 radical (unpaired) electrons. The molecule has 1 amide bonds. The van der Waals surface area contributed by atoms with E-state index in [9.17, 15) is 9.90 Å². The van der Waals surface area contributed by atoms with Crippen molar-refractivity contribution in [1.29, 1.82) is 0 Å². The summed E-state index contributed by atoms with van der Waals surface area (Å²) >= 11 is 0. The standard InChI is InChI=1S/C24H37N3O4/c1-16(26-13-17-8-9-25-14-21(17)28)20-11-18(12-22-19(20)7-6-10-30-22)27(5)23(29)15-31-24(2,3)4/h11-12,17,21,25-26,28H,1,6-10,13-15H2,2-5H3/t17-,21+/m0/s1. The number of ether oxygens (including phenoxy) is 2. The summed E-state index contributed by atoms with van der Waals surface area (Å²) in [6.07, 6.45) is 2.43. The van der Waals surface area contributed by atoms with Crippen LogP contribution in [0.3, 0.4) is 0 Å². The average molecular weight is 432 g/mol. The number of carbonyl (C=O) groups is 1. The topological polar surface area (TPSA) is 83.1 Å². The summed E-state index contributed by atoms with van der Waals surface area (Å²) in [7, 11) is 1.75. The SMILES string of the molecule is C=C(NC[C@@H]1CCNC[C@H]1O)c1cc(N(C)C(=O)COC(C)(C)C)cc2c1CCCO2. The number of nitrogens with zero attached hydrogens (tertiary/aromatic N) is 1. The first-order valence-corrected chi connectivity index (χ1v) is 11.2. The van der Waals surface area contributed by atoms with Crippen LogP contribution in [0.4, 0.5) is 5.69 Å². The number of hydrogen-bond acceptors (Lipinski definition) is 6. The summed E-state index contributed by atoms with van der Waals surface area (Å²) in [6.45, 7) is 12.9. The maximum Gasteiger partial charge on any atom is 0.252 e. The highest BCUT2D eigenvalue weighted by atomic mass is 16.5. The molecule has 7 heteroatoms. The number of carbonyl (C=O) groups excluding carboxylic acids is 1. The Morgan fingerprint density at radius 2 is 2.19 bits per heavy atom. The number of hydrogen-bond donors (Lipinski definition) is 3. The van der Waals surface area contributed by atoms with Gasteiger partial charge in [-0.25, -0.2) is 0 Å². The fourth-order valence-corrected chi connectivity index (χ4v) is 3.91. The lowest BCUT2D eigenvalue weighted by Crippen LogP contribution is -2.44. The molecule has 2 aliphatic rings. The number of aliphatic hydroxyl groups is 1. The lowest BCUT2D eigenvalue weighted by molar-refractivity contribution is -0.127. The highest BCUT2D eigenvalue weighted by Gasteiger charge is 2.25. The van der Waals surface area contributed by atoms with Crippen molar-refractivity contribution in [3.63, 3.8) is 0 Å². The normalized spacial score (nSPS) is 21.1. The van der Waals surface area contributed by atoms with Gasteiger partial charge in [-0.05, 0) is 52.6 Å². The molecule has 172 valence electrons. The number of likely N-dealkylation sites (N-methyl/N-ethyl adjacent to an activating group) is 1. The molecule has 1 saturated heterocycles. The summed E-state index contributed by atoms with van der Waals surface area (Å²) in [4.78, 5) is 14.3. The second kappa shape index (κ2) is 10.0. The Morgan fingerprint density at radius 3 is 2.90 bits per heavy atom. The van der Waals surface area contributed by atoms with Gasteiger partial charge < -0.3 is 30.1 Å². The number of amides is 1. The molecule has 0 spiro atoms. The molecule has 1 fully saturated rings. The molecular formula is C24H37N3O4. The molecule has 0 aromatic heterocycles. The van der Waals surface area contributed by atoms with Crippen molar-refractivity contribution in [2.45, 2.75) is 51.7 Å². The predicted molar refractivity (Wildman–Crippen MR) is 123 cm³/mol. The van der Waals surface area contributed by atoms with Crippen molar-refractivity contribution in [2.24, 2.45) is 5.92 Å². The van der Waals surface area contributed by atoms with Crippen LogP contribution >= 0.6 is 0 Å². The molecule has 0 aliphatic carbocycles. The van der Waals surface area contributed by atoms with Crippen molar-refractivity contribution in [2.75, 3.05) is 44.8 Å². The van der Waals surface area contributed by atoms with Gasteiger partial charge in [0.05, 0.1) is 18.3 Å². The van der Waals surface area contributed by atoms with E-state index in [1.807, 2.05) is 32.9 Å². The smallest absolute Gasteiger partial charge is 0.252 e. The molecule has 1 aromatic carbocycles. The van der Waals surface area contributed by atoms with Gasteiger partial charge in [-0.2, -0.15) is 0 Å². The minimum atomic E-state index is -0.377. The lowest BCUT2D eigenvalue weighted by Gasteiger charge is -2.30. The van der Waals surface area contributed by atoms with E-state index in [2.05, 4.69) is 17.2 Å². The fraction of sp³-hybridized carbons (Fsp3) is 0.625. The molecule has 2 aliphatic heterocycles. The first-order chi connectivity index (χ1) is 14.7. The van der Waals surface area contributed by atoms with Gasteiger partial charge >= 0.3 is 0 Å². The third-order valence-electron chi connectivity index (χ3n) is 5.90. The molecule has 3 N–H and O–H groups in total. The monoisotopic (exact) mass is 431 g/mol. The van der Waals surface area contributed by atoms with Gasteiger partial charge in [0, 0.05) is 54.6 Å². The van der Waals surface area contributed by atoms with E-state index in [1.54, 1.807) is 11.9 Å². The van der Waals surface area contributed by atoms with Crippen molar-refractivity contribution in [3.05, 3.63) is 29.8 Å². The van der Waals surface area contributed by atoms with E-state index >= 15 is 0 Å². The van der Waals surface area contributed by atoms with Gasteiger partial charge in [0.15, 0.2) is 0 Å². The van der Waals surface area contributed by atoms with Gasteiger partial charge in [0.1, 0.15) is 12.4 Å². The molecule has 0 bridgehead atoms. The predicted octanol–water partition coefficient (Wildman–Crippen LogP) is 2.32. The van der Waals surface area contributed by atoms with Crippen molar-refractivity contribution >= 4 is 17.3 Å². The Hall–Kier alpha value is -2.09. The highest BCUT2D eigenvalue weighted by molar-refractivity contribution is 5.94. The van der Waals surface area contributed by atoms with Crippen LogP contribution < -0.4 is 20.3 Å². The number of fused-ring (bicyclic) bond motifs is 1. The van der Waals surface area contributed by atoms with Crippen molar-refractivity contribution < 1.29 is 19.4 Å². The van der Waals surface area contributed by atoms with Crippen molar-refractivity contribution in [3.8, 4) is 5.75 Å². The first kappa shape index (κ1) is 23.6. The number of benzene rings is 1. The number of nitrogens with one attached hydrogen (secondary N) is 2. The molecule has 0 saturated carbocycles. The van der Waals surface area contributed by atoms with E-state index in [1.165, 1.54) is 0 Å². The van der Waals surface area contributed by atoms with Crippen LogP contribution in [0.25, 0.3) is 5.70 Å². The van der Waals surface area contributed by atoms with E-state index in [-0.39, 0.29) is 30.1 Å². The third-order valence-corrected chi connectivity index (χ3v) is 5.90. The van der Waals surface area contributed by atoms with Crippen LogP contribution in [0.1, 0.15) is 44.7 Å². The van der Waals surface area contributed by atoms with Crippen molar-refractivity contribution in [1.82, 2.24) is 10.6 Å². The number of piperidine rings is 1. The molecule has 7 nitrogen and oxygen atoms in total. The van der Waals surface area contributed by atoms with E-state index in [0.717, 1.165) is 54.1 Å².